The zero-order valence-corrected chi connectivity index (χ0v) is 20.6. The van der Waals surface area contributed by atoms with Gasteiger partial charge in [0, 0.05) is 23.9 Å². The minimum atomic E-state index is -3.92. The van der Waals surface area contributed by atoms with Crippen LogP contribution in [0.5, 0.6) is 11.5 Å². The summed E-state index contributed by atoms with van der Waals surface area (Å²) in [5, 5.41) is 3.82. The van der Waals surface area contributed by atoms with E-state index in [-0.39, 0.29) is 9.23 Å². The maximum Gasteiger partial charge on any atom is 0.272 e. The van der Waals surface area contributed by atoms with Crippen LogP contribution in [0.2, 0.25) is 10.0 Å². The molecule has 2 heterocycles. The van der Waals surface area contributed by atoms with E-state index >= 15 is 0 Å². The normalized spacial score (nSPS) is 18.5. The Morgan fingerprint density at radius 3 is 2.66 bits per heavy atom. The van der Waals surface area contributed by atoms with Crippen molar-refractivity contribution in [3.8, 4) is 21.9 Å². The number of methoxy groups -OCH3 is 1. The van der Waals surface area contributed by atoms with Crippen molar-refractivity contribution in [3.63, 3.8) is 0 Å². The molecule has 32 heavy (non-hydrogen) atoms. The van der Waals surface area contributed by atoms with Crippen molar-refractivity contribution in [2.75, 3.05) is 24.9 Å². The van der Waals surface area contributed by atoms with Gasteiger partial charge in [-0.25, -0.2) is 8.42 Å². The number of halogens is 2. The third-order valence-corrected chi connectivity index (χ3v) is 9.06. The van der Waals surface area contributed by atoms with Crippen molar-refractivity contribution in [3.05, 3.63) is 58.6 Å². The van der Waals surface area contributed by atoms with Gasteiger partial charge in [0.15, 0.2) is 4.21 Å². The molecule has 0 bridgehead atoms. The Bertz CT molecular complexity index is 1240. The molecule has 0 aliphatic carbocycles. The lowest BCUT2D eigenvalue weighted by Crippen LogP contribution is -2.34. The first-order chi connectivity index (χ1) is 15.2. The summed E-state index contributed by atoms with van der Waals surface area (Å²) in [5.74, 6) is 1.10. The molecule has 1 aliphatic heterocycles. The quantitative estimate of drug-likeness (QED) is 0.426. The van der Waals surface area contributed by atoms with Crippen LogP contribution in [-0.4, -0.2) is 34.2 Å². The van der Waals surface area contributed by atoms with E-state index in [0.29, 0.717) is 28.8 Å². The van der Waals surface area contributed by atoms with Crippen molar-refractivity contribution >= 4 is 50.2 Å². The van der Waals surface area contributed by atoms with E-state index in [1.165, 1.54) is 0 Å². The molecule has 1 atom stereocenters. The maximum atomic E-state index is 13.1. The molecule has 2 aromatic carbocycles. The highest BCUT2D eigenvalue weighted by molar-refractivity contribution is 7.94. The van der Waals surface area contributed by atoms with Crippen molar-refractivity contribution in [1.82, 2.24) is 5.32 Å². The second-order valence-electron chi connectivity index (χ2n) is 7.71. The fourth-order valence-corrected chi connectivity index (χ4v) is 6.65. The molecular formula is C22H22Cl2N2O4S2. The first-order valence-corrected chi connectivity index (χ1v) is 12.9. The minimum Gasteiger partial charge on any atom is -0.497 e. The van der Waals surface area contributed by atoms with Crippen LogP contribution >= 0.6 is 34.5 Å². The predicted octanol–water partition coefficient (Wildman–Crippen LogP) is 5.66. The van der Waals surface area contributed by atoms with Gasteiger partial charge >= 0.3 is 0 Å². The largest absolute Gasteiger partial charge is 0.497 e. The lowest BCUT2D eigenvalue weighted by molar-refractivity contribution is 0.111. The van der Waals surface area contributed by atoms with Gasteiger partial charge in [-0.3, -0.25) is 4.72 Å². The van der Waals surface area contributed by atoms with Gasteiger partial charge in [-0.15, -0.1) is 11.3 Å². The predicted molar refractivity (Wildman–Crippen MR) is 130 cm³/mol. The Hall–Kier alpha value is -1.97. The van der Waals surface area contributed by atoms with Gasteiger partial charge in [0.2, 0.25) is 0 Å². The molecule has 170 valence electrons. The molecule has 0 saturated carbocycles. The van der Waals surface area contributed by atoms with Gasteiger partial charge in [-0.1, -0.05) is 35.3 Å². The summed E-state index contributed by atoms with van der Waals surface area (Å²) in [6, 6.07) is 13.8. The molecule has 3 aromatic rings. The Kier molecular flexibility index (Phi) is 6.61. The van der Waals surface area contributed by atoms with Gasteiger partial charge < -0.3 is 14.8 Å². The molecular weight excluding hydrogens is 491 g/mol. The molecule has 10 heteroatoms. The summed E-state index contributed by atoms with van der Waals surface area (Å²) in [6.07, 6.45) is 0.830. The third-order valence-electron chi connectivity index (χ3n) is 5.12. The van der Waals surface area contributed by atoms with Gasteiger partial charge in [0.25, 0.3) is 10.0 Å². The highest BCUT2D eigenvalue weighted by Gasteiger charge is 2.31. The number of thiophene rings is 1. The molecule has 6 nitrogen and oxygen atoms in total. The van der Waals surface area contributed by atoms with Crippen LogP contribution in [0.25, 0.3) is 10.4 Å². The smallest absolute Gasteiger partial charge is 0.272 e. The zero-order valence-electron chi connectivity index (χ0n) is 17.4. The minimum absolute atomic E-state index is 0.0290. The van der Waals surface area contributed by atoms with E-state index in [1.807, 2.05) is 31.2 Å². The van der Waals surface area contributed by atoms with Crippen LogP contribution in [-0.2, 0) is 10.0 Å². The third kappa shape index (κ3) is 5.00. The molecule has 1 aromatic heterocycles. The molecule has 1 saturated heterocycles. The first-order valence-electron chi connectivity index (χ1n) is 9.85. The average Bonchev–Trinajstić information content (AvgIpc) is 3.36. The summed E-state index contributed by atoms with van der Waals surface area (Å²) in [6.45, 7) is 3.54. The monoisotopic (exact) mass is 512 g/mol. The van der Waals surface area contributed by atoms with Gasteiger partial charge in [-0.2, -0.15) is 0 Å². The highest BCUT2D eigenvalue weighted by atomic mass is 35.5. The van der Waals surface area contributed by atoms with E-state index in [2.05, 4.69) is 10.0 Å². The summed E-state index contributed by atoms with van der Waals surface area (Å²) in [7, 11) is -2.35. The van der Waals surface area contributed by atoms with Crippen LogP contribution in [0.4, 0.5) is 5.69 Å². The highest BCUT2D eigenvalue weighted by Crippen LogP contribution is 2.40. The topological polar surface area (TPSA) is 76.7 Å². The molecule has 1 fully saturated rings. The molecule has 1 aliphatic rings. The summed E-state index contributed by atoms with van der Waals surface area (Å²) < 4.78 is 40.2. The molecule has 4 rings (SSSR count). The second-order valence-corrected chi connectivity index (χ2v) is 11.5. The van der Waals surface area contributed by atoms with E-state index in [4.69, 9.17) is 32.7 Å². The summed E-state index contributed by atoms with van der Waals surface area (Å²) in [4.78, 5) is 0.719. The van der Waals surface area contributed by atoms with Crippen LogP contribution in [0.1, 0.15) is 13.3 Å². The number of hydrogen-bond donors (Lipinski definition) is 2. The molecule has 0 unspecified atom stereocenters. The number of hydrogen-bond acceptors (Lipinski definition) is 6. The maximum absolute atomic E-state index is 13.1. The van der Waals surface area contributed by atoms with Crippen molar-refractivity contribution in [2.24, 2.45) is 0 Å². The number of rotatable bonds is 7. The van der Waals surface area contributed by atoms with Crippen LogP contribution in [0.15, 0.2) is 52.7 Å². The Balaban J connectivity index is 1.60. The van der Waals surface area contributed by atoms with E-state index in [9.17, 15) is 8.42 Å². The number of ether oxygens (including phenoxy) is 2. The van der Waals surface area contributed by atoms with Crippen molar-refractivity contribution in [2.45, 2.75) is 23.2 Å². The number of sulfonamides is 1. The Morgan fingerprint density at radius 1 is 1.12 bits per heavy atom. The Labute approximate surface area is 201 Å². The van der Waals surface area contributed by atoms with E-state index < -0.39 is 15.6 Å². The van der Waals surface area contributed by atoms with Crippen molar-refractivity contribution in [1.29, 1.82) is 0 Å². The van der Waals surface area contributed by atoms with E-state index in [1.54, 1.807) is 31.4 Å². The van der Waals surface area contributed by atoms with Gasteiger partial charge in [0.1, 0.15) is 17.1 Å². The average molecular weight is 513 g/mol. The lowest BCUT2D eigenvalue weighted by atomic mass is 10.1. The molecule has 0 spiro atoms. The van der Waals surface area contributed by atoms with Crippen LogP contribution in [0, 0.1) is 0 Å². The SMILES string of the molecule is COc1cccc(-c2cc(Cl)c(S(=O)(=O)Nc3ccc(Cl)c(O[C@]4(C)CCNC4)c3)s2)c1. The van der Waals surface area contributed by atoms with Gasteiger partial charge in [-0.05, 0) is 49.4 Å². The fourth-order valence-electron chi connectivity index (χ4n) is 3.45. The molecule has 0 amide bonds. The lowest BCUT2D eigenvalue weighted by Gasteiger charge is -2.25. The zero-order chi connectivity index (χ0) is 22.9. The number of benzene rings is 2. The standard InChI is InChI=1S/C22H22Cl2N2O4S2/c1-22(8-9-25-13-22)30-19-11-15(6-7-17(19)23)26-32(27,28)21-18(24)12-20(31-21)14-4-3-5-16(10-14)29-2/h3-7,10-12,25-26H,8-9,13H2,1-2H3/t22-/m1/s1. The van der Waals surface area contributed by atoms with Gasteiger partial charge in [0.05, 0.1) is 22.8 Å². The molecule has 0 radical (unpaired) electrons. The van der Waals surface area contributed by atoms with Crippen molar-refractivity contribution < 1.29 is 17.9 Å². The molecule has 2 N–H and O–H groups in total. The number of nitrogens with one attached hydrogen (secondary N) is 2. The second kappa shape index (κ2) is 9.11. The summed E-state index contributed by atoms with van der Waals surface area (Å²) in [5.41, 5.74) is 0.758. The fraction of sp³-hybridized carbons (Fsp3) is 0.273. The summed E-state index contributed by atoms with van der Waals surface area (Å²) >= 11 is 13.7. The van der Waals surface area contributed by atoms with Crippen LogP contribution < -0.4 is 19.5 Å². The number of anilines is 1. The van der Waals surface area contributed by atoms with Crippen LogP contribution in [0.3, 0.4) is 0 Å². The van der Waals surface area contributed by atoms with E-state index in [0.717, 1.165) is 34.7 Å². The first kappa shape index (κ1) is 23.2. The Morgan fingerprint density at radius 2 is 1.94 bits per heavy atom.